The van der Waals surface area contributed by atoms with Crippen molar-refractivity contribution in [2.24, 2.45) is 0 Å². The van der Waals surface area contributed by atoms with Gasteiger partial charge in [0, 0.05) is 7.11 Å². The number of unbranched alkanes of at least 4 members (excludes halogenated alkanes) is 4. The summed E-state index contributed by atoms with van der Waals surface area (Å²) in [6.07, 6.45) is 8.24. The van der Waals surface area contributed by atoms with E-state index in [4.69, 9.17) is 4.43 Å². The van der Waals surface area contributed by atoms with Crippen molar-refractivity contribution in [3.63, 3.8) is 0 Å². The first-order valence-corrected chi connectivity index (χ1v) is 7.98. The Morgan fingerprint density at radius 3 is 1.62 bits per heavy atom. The molecule has 0 saturated heterocycles. The summed E-state index contributed by atoms with van der Waals surface area (Å²) in [4.78, 5) is 0. The van der Waals surface area contributed by atoms with Crippen LogP contribution in [-0.2, 0) is 4.43 Å². The van der Waals surface area contributed by atoms with Crippen LogP contribution < -0.4 is 0 Å². The maximum absolute atomic E-state index is 5.58. The van der Waals surface area contributed by atoms with Gasteiger partial charge in [-0.3, -0.25) is 0 Å². The summed E-state index contributed by atoms with van der Waals surface area (Å²) in [5.41, 5.74) is 0. The van der Waals surface area contributed by atoms with Crippen LogP contribution in [0.4, 0.5) is 0 Å². The van der Waals surface area contributed by atoms with Crippen molar-refractivity contribution in [2.45, 2.75) is 64.5 Å². The van der Waals surface area contributed by atoms with E-state index >= 15 is 0 Å². The highest BCUT2D eigenvalue weighted by Gasteiger charge is 2.08. The molecule has 0 bridgehead atoms. The fourth-order valence-corrected chi connectivity index (χ4v) is 3.87. The fourth-order valence-electron chi connectivity index (χ4n) is 1.62. The molecular formula is C11H26OSi. The Hall–Kier alpha value is 0.177. The zero-order chi connectivity index (χ0) is 9.94. The average Bonchev–Trinajstić information content (AvgIpc) is 2.16. The van der Waals surface area contributed by atoms with Crippen molar-refractivity contribution in [1.29, 1.82) is 0 Å². The summed E-state index contributed by atoms with van der Waals surface area (Å²) in [5.74, 6) is 0. The normalized spacial score (nSPS) is 11.1. The first-order chi connectivity index (χ1) is 6.35. The van der Waals surface area contributed by atoms with Crippen LogP contribution >= 0.6 is 0 Å². The second kappa shape index (κ2) is 10.3. The van der Waals surface area contributed by atoms with Crippen LogP contribution in [0.25, 0.3) is 0 Å². The predicted molar refractivity (Wildman–Crippen MR) is 62.8 cm³/mol. The van der Waals surface area contributed by atoms with E-state index in [2.05, 4.69) is 13.8 Å². The molecule has 0 amide bonds. The Labute approximate surface area is 85.6 Å². The van der Waals surface area contributed by atoms with Gasteiger partial charge in [0.2, 0.25) is 0 Å². The smallest absolute Gasteiger partial charge is 0.176 e. The minimum atomic E-state index is -0.776. The molecule has 0 aliphatic carbocycles. The van der Waals surface area contributed by atoms with E-state index in [1.165, 1.54) is 50.6 Å². The Bertz CT molecular complexity index is 86.1. The number of hydrogen-bond donors (Lipinski definition) is 0. The molecule has 0 aliphatic rings. The summed E-state index contributed by atoms with van der Waals surface area (Å²) in [5, 5.41) is 0. The lowest BCUT2D eigenvalue weighted by atomic mass is 10.3. The van der Waals surface area contributed by atoms with Crippen LogP contribution in [0.1, 0.15) is 52.4 Å². The fraction of sp³-hybridized carbons (Fsp3) is 1.00. The van der Waals surface area contributed by atoms with Gasteiger partial charge in [0.1, 0.15) is 0 Å². The highest BCUT2D eigenvalue weighted by atomic mass is 28.3. The molecule has 0 fully saturated rings. The molecule has 0 heterocycles. The molecular weight excluding hydrogens is 176 g/mol. The lowest BCUT2D eigenvalue weighted by Crippen LogP contribution is -2.14. The topological polar surface area (TPSA) is 9.23 Å². The zero-order valence-electron chi connectivity index (χ0n) is 9.64. The van der Waals surface area contributed by atoms with Gasteiger partial charge in [0.05, 0.1) is 0 Å². The van der Waals surface area contributed by atoms with Gasteiger partial charge in [-0.05, 0) is 12.1 Å². The van der Waals surface area contributed by atoms with Crippen molar-refractivity contribution < 1.29 is 4.43 Å². The van der Waals surface area contributed by atoms with E-state index in [1.807, 2.05) is 7.11 Å². The van der Waals surface area contributed by atoms with Crippen LogP contribution in [0.15, 0.2) is 0 Å². The second-order valence-corrected chi connectivity index (χ2v) is 6.72. The monoisotopic (exact) mass is 202 g/mol. The molecule has 1 nitrogen and oxygen atoms in total. The van der Waals surface area contributed by atoms with E-state index in [0.29, 0.717) is 0 Å². The molecule has 0 N–H and O–H groups in total. The summed E-state index contributed by atoms with van der Waals surface area (Å²) in [6, 6.07) is 2.79. The molecule has 0 aromatic carbocycles. The quantitative estimate of drug-likeness (QED) is 0.409. The Balaban J connectivity index is 3.28. The molecule has 2 heteroatoms. The predicted octanol–water partition coefficient (Wildman–Crippen LogP) is 3.74. The summed E-state index contributed by atoms with van der Waals surface area (Å²) in [6.45, 7) is 4.53. The van der Waals surface area contributed by atoms with Crippen molar-refractivity contribution >= 4 is 9.04 Å². The van der Waals surface area contributed by atoms with Crippen molar-refractivity contribution in [1.82, 2.24) is 0 Å². The van der Waals surface area contributed by atoms with E-state index in [-0.39, 0.29) is 0 Å². The molecule has 0 saturated carbocycles. The lowest BCUT2D eigenvalue weighted by Gasteiger charge is -2.12. The van der Waals surface area contributed by atoms with Crippen LogP contribution in [-0.4, -0.2) is 16.2 Å². The molecule has 80 valence electrons. The Kier molecular flexibility index (Phi) is 10.4. The molecule has 0 aromatic heterocycles. The largest absolute Gasteiger partial charge is 0.423 e. The van der Waals surface area contributed by atoms with E-state index in [0.717, 1.165) is 0 Å². The minimum Gasteiger partial charge on any atom is -0.423 e. The zero-order valence-corrected chi connectivity index (χ0v) is 10.8. The first-order valence-electron chi connectivity index (χ1n) is 5.87. The number of hydrogen-bond acceptors (Lipinski definition) is 1. The van der Waals surface area contributed by atoms with E-state index < -0.39 is 9.04 Å². The SMILES string of the molecule is CCCCC[SiH](CCCCC)OC. The molecule has 0 atom stereocenters. The standard InChI is InChI=1S/C11H26OSi/c1-4-6-8-10-13(12-3)11-9-7-5-2/h13H,4-11H2,1-3H3. The lowest BCUT2D eigenvalue weighted by molar-refractivity contribution is 0.413. The summed E-state index contributed by atoms with van der Waals surface area (Å²) < 4.78 is 5.58. The first kappa shape index (κ1) is 13.2. The molecule has 0 aliphatic heterocycles. The van der Waals surface area contributed by atoms with Gasteiger partial charge in [-0.2, -0.15) is 0 Å². The molecule has 0 aromatic rings. The van der Waals surface area contributed by atoms with Crippen molar-refractivity contribution in [3.8, 4) is 0 Å². The maximum Gasteiger partial charge on any atom is 0.176 e. The van der Waals surface area contributed by atoms with Crippen LogP contribution in [0, 0.1) is 0 Å². The third-order valence-corrected chi connectivity index (χ3v) is 5.36. The summed E-state index contributed by atoms with van der Waals surface area (Å²) in [7, 11) is 1.14. The third-order valence-electron chi connectivity index (χ3n) is 2.59. The van der Waals surface area contributed by atoms with Gasteiger partial charge in [0.25, 0.3) is 0 Å². The molecule has 0 unspecified atom stereocenters. The van der Waals surface area contributed by atoms with E-state index in [1.54, 1.807) is 0 Å². The molecule has 0 spiro atoms. The second-order valence-electron chi connectivity index (χ2n) is 3.85. The Morgan fingerprint density at radius 2 is 1.31 bits per heavy atom. The average molecular weight is 202 g/mol. The summed E-state index contributed by atoms with van der Waals surface area (Å²) >= 11 is 0. The van der Waals surface area contributed by atoms with Gasteiger partial charge in [-0.1, -0.05) is 52.4 Å². The van der Waals surface area contributed by atoms with Gasteiger partial charge in [0.15, 0.2) is 9.04 Å². The third kappa shape index (κ3) is 8.51. The molecule has 0 rings (SSSR count). The highest BCUT2D eigenvalue weighted by Crippen LogP contribution is 2.12. The van der Waals surface area contributed by atoms with Crippen LogP contribution in [0.2, 0.25) is 12.1 Å². The van der Waals surface area contributed by atoms with Crippen molar-refractivity contribution in [3.05, 3.63) is 0 Å². The van der Waals surface area contributed by atoms with Gasteiger partial charge in [-0.15, -0.1) is 0 Å². The highest BCUT2D eigenvalue weighted by molar-refractivity contribution is 6.51. The number of rotatable bonds is 9. The Morgan fingerprint density at radius 1 is 0.846 bits per heavy atom. The van der Waals surface area contributed by atoms with Crippen molar-refractivity contribution in [2.75, 3.05) is 7.11 Å². The van der Waals surface area contributed by atoms with Crippen LogP contribution in [0.3, 0.4) is 0 Å². The molecule has 0 radical (unpaired) electrons. The van der Waals surface area contributed by atoms with Crippen LogP contribution in [0.5, 0.6) is 0 Å². The van der Waals surface area contributed by atoms with Gasteiger partial charge in [-0.25, -0.2) is 0 Å². The minimum absolute atomic E-state index is 0.776. The van der Waals surface area contributed by atoms with Gasteiger partial charge >= 0.3 is 0 Å². The maximum atomic E-state index is 5.58. The molecule has 13 heavy (non-hydrogen) atoms. The van der Waals surface area contributed by atoms with E-state index in [9.17, 15) is 0 Å². The van der Waals surface area contributed by atoms with Gasteiger partial charge < -0.3 is 4.43 Å².